The number of amides is 1. The van der Waals surface area contributed by atoms with Gasteiger partial charge in [-0.3, -0.25) is 9.59 Å². The van der Waals surface area contributed by atoms with E-state index in [9.17, 15) is 9.59 Å². The third kappa shape index (κ3) is 4.48. The van der Waals surface area contributed by atoms with Crippen LogP contribution in [0.1, 0.15) is 48.5 Å². The van der Waals surface area contributed by atoms with Gasteiger partial charge in [-0.2, -0.15) is 9.61 Å². The molecule has 35 heavy (non-hydrogen) atoms. The summed E-state index contributed by atoms with van der Waals surface area (Å²) in [7, 11) is 5.15. The number of aromatic nitrogens is 4. The Hall–Kier alpha value is -3.44. The van der Waals surface area contributed by atoms with Crippen LogP contribution in [-0.4, -0.2) is 64.6 Å². The van der Waals surface area contributed by atoms with Gasteiger partial charge < -0.3 is 30.0 Å². The second-order valence-corrected chi connectivity index (χ2v) is 9.15. The first-order valence-electron chi connectivity index (χ1n) is 11.9. The fraction of sp³-hybridized carbons (Fsp3) is 0.500. The van der Waals surface area contributed by atoms with Gasteiger partial charge in [0.1, 0.15) is 22.9 Å². The number of hydrogen-bond acceptors (Lipinski definition) is 8. The number of ether oxygens (including phenoxy) is 2. The van der Waals surface area contributed by atoms with E-state index in [1.807, 2.05) is 6.07 Å². The number of rotatable bonds is 8. The average molecular weight is 482 g/mol. The molecule has 2 fully saturated rings. The number of pyridine rings is 1. The van der Waals surface area contributed by atoms with Crippen LogP contribution in [0.2, 0.25) is 0 Å². The molecule has 11 heteroatoms. The van der Waals surface area contributed by atoms with Crippen molar-refractivity contribution >= 4 is 28.9 Å². The first-order chi connectivity index (χ1) is 17.0. The molecule has 3 aromatic heterocycles. The van der Waals surface area contributed by atoms with Crippen LogP contribution in [0.3, 0.4) is 0 Å². The zero-order chi connectivity index (χ0) is 24.5. The Labute approximate surface area is 202 Å². The molecule has 1 unspecified atom stereocenters. The lowest BCUT2D eigenvalue weighted by Gasteiger charge is -2.35. The maximum absolute atomic E-state index is 13.1. The molecule has 2 aliphatic carbocycles. The Kier molecular flexibility index (Phi) is 6.44. The maximum Gasteiger partial charge on any atom is 0.274 e. The van der Waals surface area contributed by atoms with Gasteiger partial charge in [0.2, 0.25) is 0 Å². The van der Waals surface area contributed by atoms with Gasteiger partial charge in [0.05, 0.1) is 18.4 Å². The predicted molar refractivity (Wildman–Crippen MR) is 131 cm³/mol. The van der Waals surface area contributed by atoms with Crippen LogP contribution in [0.5, 0.6) is 0 Å². The van der Waals surface area contributed by atoms with E-state index in [1.54, 1.807) is 48.7 Å². The maximum atomic E-state index is 13.1. The third-order valence-corrected chi connectivity index (χ3v) is 7.06. The number of nitrogens with zero attached hydrogens (tertiary/aromatic N) is 4. The van der Waals surface area contributed by atoms with Crippen molar-refractivity contribution in [1.29, 1.82) is 0 Å². The molecule has 1 amide bonds. The van der Waals surface area contributed by atoms with Crippen molar-refractivity contribution in [2.75, 3.05) is 31.9 Å². The molecule has 0 radical (unpaired) electrons. The van der Waals surface area contributed by atoms with E-state index in [0.717, 1.165) is 32.1 Å². The number of nitrogens with one attached hydrogen (secondary N) is 3. The molecule has 2 saturated carbocycles. The summed E-state index contributed by atoms with van der Waals surface area (Å²) in [5.74, 6) is 0.846. The van der Waals surface area contributed by atoms with E-state index in [2.05, 4.69) is 26.0 Å². The molecule has 0 aromatic carbocycles. The molecule has 0 saturated heterocycles. The van der Waals surface area contributed by atoms with Gasteiger partial charge in [0.15, 0.2) is 5.65 Å². The minimum atomic E-state index is -0.229. The van der Waals surface area contributed by atoms with E-state index in [0.29, 0.717) is 28.5 Å². The molecule has 11 nitrogen and oxygen atoms in total. The standard InChI is InChI=1S/C24H31N7O4/c1-25-21-12-20(28-19-5-4-8-30(24(19)33)15-10-17(11-15)35-3)29-22-18(13-26-31(21)22)23(32)27-14-6-7-16(9-14)34-2/h4-5,8,12-17,25H,6-7,9-11H2,1-3H3,(H,27,32)(H,28,29)/t14?,15-,16-,17-/m0/s1. The normalized spacial score (nSPS) is 23.7. The van der Waals surface area contributed by atoms with Crippen molar-refractivity contribution in [3.63, 3.8) is 0 Å². The van der Waals surface area contributed by atoms with Crippen molar-refractivity contribution in [2.24, 2.45) is 0 Å². The summed E-state index contributed by atoms with van der Waals surface area (Å²) in [4.78, 5) is 30.8. The fourth-order valence-corrected chi connectivity index (χ4v) is 4.90. The van der Waals surface area contributed by atoms with Gasteiger partial charge >= 0.3 is 0 Å². The fourth-order valence-electron chi connectivity index (χ4n) is 4.90. The van der Waals surface area contributed by atoms with Crippen LogP contribution in [0.25, 0.3) is 5.65 Å². The summed E-state index contributed by atoms with van der Waals surface area (Å²) >= 11 is 0. The molecule has 3 heterocycles. The van der Waals surface area contributed by atoms with E-state index in [-0.39, 0.29) is 35.8 Å². The highest BCUT2D eigenvalue weighted by atomic mass is 16.5. The third-order valence-electron chi connectivity index (χ3n) is 7.06. The van der Waals surface area contributed by atoms with E-state index < -0.39 is 0 Å². The molecule has 3 N–H and O–H groups in total. The van der Waals surface area contributed by atoms with Crippen LogP contribution in [0.15, 0.2) is 35.4 Å². The van der Waals surface area contributed by atoms with Crippen LogP contribution in [0.4, 0.5) is 17.3 Å². The Bertz CT molecular complexity index is 1280. The highest BCUT2D eigenvalue weighted by Crippen LogP contribution is 2.33. The highest BCUT2D eigenvalue weighted by Gasteiger charge is 2.31. The van der Waals surface area contributed by atoms with Crippen molar-refractivity contribution in [3.05, 3.63) is 46.5 Å². The van der Waals surface area contributed by atoms with Crippen LogP contribution >= 0.6 is 0 Å². The number of carbonyl (C=O) groups excluding carboxylic acids is 1. The van der Waals surface area contributed by atoms with Crippen molar-refractivity contribution in [3.8, 4) is 0 Å². The molecule has 3 aromatic rings. The average Bonchev–Trinajstić information content (AvgIpc) is 3.47. The molecule has 2 aliphatic rings. The second-order valence-electron chi connectivity index (χ2n) is 9.15. The first-order valence-corrected chi connectivity index (χ1v) is 11.9. The lowest BCUT2D eigenvalue weighted by Crippen LogP contribution is -2.37. The molecule has 0 aliphatic heterocycles. The zero-order valence-electron chi connectivity index (χ0n) is 20.2. The van der Waals surface area contributed by atoms with Gasteiger partial charge in [0.25, 0.3) is 11.5 Å². The monoisotopic (exact) mass is 481 g/mol. The summed E-state index contributed by atoms with van der Waals surface area (Å²) in [5.41, 5.74) is 1.06. The lowest BCUT2D eigenvalue weighted by atomic mass is 9.89. The molecule has 0 spiro atoms. The Morgan fingerprint density at radius 2 is 1.94 bits per heavy atom. The summed E-state index contributed by atoms with van der Waals surface area (Å²) in [6, 6.07) is 5.50. The van der Waals surface area contributed by atoms with E-state index in [4.69, 9.17) is 9.47 Å². The minimum absolute atomic E-state index is 0.0551. The van der Waals surface area contributed by atoms with Crippen LogP contribution in [-0.2, 0) is 9.47 Å². The molecular weight excluding hydrogens is 450 g/mol. The second kappa shape index (κ2) is 9.67. The van der Waals surface area contributed by atoms with E-state index in [1.165, 1.54) is 6.20 Å². The SMILES string of the molecule is CNc1cc(Nc2cccn([C@H]3C[C@H](OC)C3)c2=O)nc2c(C(=O)NC3CC[C@H](OC)C3)cnn12. The van der Waals surface area contributed by atoms with Crippen LogP contribution < -0.4 is 21.5 Å². The highest BCUT2D eigenvalue weighted by molar-refractivity contribution is 6.00. The van der Waals surface area contributed by atoms with Gasteiger partial charge in [-0.15, -0.1) is 0 Å². The topological polar surface area (TPSA) is 124 Å². The molecule has 186 valence electrons. The van der Waals surface area contributed by atoms with Crippen LogP contribution in [0, 0.1) is 0 Å². The smallest absolute Gasteiger partial charge is 0.274 e. The Morgan fingerprint density at radius 1 is 1.14 bits per heavy atom. The van der Waals surface area contributed by atoms with Gasteiger partial charge in [0, 0.05) is 45.6 Å². The van der Waals surface area contributed by atoms with Gasteiger partial charge in [-0.1, -0.05) is 0 Å². The summed E-state index contributed by atoms with van der Waals surface area (Å²) in [5, 5.41) is 13.7. The first kappa shape index (κ1) is 23.3. The summed E-state index contributed by atoms with van der Waals surface area (Å²) < 4.78 is 14.1. The van der Waals surface area contributed by atoms with Crippen molar-refractivity contribution < 1.29 is 14.3 Å². The van der Waals surface area contributed by atoms with Gasteiger partial charge in [-0.05, 0) is 44.2 Å². The lowest BCUT2D eigenvalue weighted by molar-refractivity contribution is 0.00522. The van der Waals surface area contributed by atoms with Gasteiger partial charge in [-0.25, -0.2) is 4.98 Å². The number of fused-ring (bicyclic) bond motifs is 1. The quantitative estimate of drug-likeness (QED) is 0.448. The largest absolute Gasteiger partial charge is 0.381 e. The number of carbonyl (C=O) groups is 1. The predicted octanol–water partition coefficient (Wildman–Crippen LogP) is 2.32. The molecule has 0 bridgehead atoms. The Balaban J connectivity index is 1.41. The minimum Gasteiger partial charge on any atom is -0.381 e. The number of anilines is 3. The Morgan fingerprint density at radius 3 is 2.66 bits per heavy atom. The number of methoxy groups -OCH3 is 2. The van der Waals surface area contributed by atoms with Crippen molar-refractivity contribution in [2.45, 2.75) is 56.4 Å². The molecule has 5 rings (SSSR count). The summed E-state index contributed by atoms with van der Waals surface area (Å²) in [6.45, 7) is 0. The number of hydrogen-bond donors (Lipinski definition) is 3. The summed E-state index contributed by atoms with van der Waals surface area (Å²) in [6.07, 6.45) is 7.90. The van der Waals surface area contributed by atoms with Crippen molar-refractivity contribution in [1.82, 2.24) is 24.5 Å². The van der Waals surface area contributed by atoms with E-state index >= 15 is 0 Å². The molecule has 2 atom stereocenters. The zero-order valence-corrected chi connectivity index (χ0v) is 20.2. The molecular formula is C24H31N7O4.